The fourth-order valence-corrected chi connectivity index (χ4v) is 2.78. The molecule has 2 nitrogen and oxygen atoms in total. The maximum absolute atomic E-state index is 6.31. The normalized spacial score (nSPS) is 12.7. The minimum atomic E-state index is -1.78. The zero-order valence-electron chi connectivity index (χ0n) is 12.4. The summed E-state index contributed by atoms with van der Waals surface area (Å²) in [5, 5.41) is 2.53. The second-order valence-electron chi connectivity index (χ2n) is 6.63. The SMILES string of the molecule is CC(C)(C)[Si](C)(C)Oc1ccc2ccc(N)cc2c1. The van der Waals surface area contributed by atoms with Crippen LogP contribution in [0.25, 0.3) is 10.8 Å². The van der Waals surface area contributed by atoms with Crippen molar-refractivity contribution < 1.29 is 4.43 Å². The summed E-state index contributed by atoms with van der Waals surface area (Å²) in [6.07, 6.45) is 0. The number of fused-ring (bicyclic) bond motifs is 1. The molecule has 2 aromatic rings. The van der Waals surface area contributed by atoms with E-state index in [4.69, 9.17) is 10.2 Å². The minimum Gasteiger partial charge on any atom is -0.543 e. The Labute approximate surface area is 116 Å². The molecule has 2 aromatic carbocycles. The predicted octanol–water partition coefficient (Wildman–Crippen LogP) is 4.81. The van der Waals surface area contributed by atoms with E-state index in [1.807, 2.05) is 18.2 Å². The summed E-state index contributed by atoms with van der Waals surface area (Å²) in [6.45, 7) is 11.3. The van der Waals surface area contributed by atoms with Crippen molar-refractivity contribution in [2.45, 2.75) is 38.9 Å². The molecular weight excluding hydrogens is 250 g/mol. The van der Waals surface area contributed by atoms with Crippen LogP contribution in [0.15, 0.2) is 36.4 Å². The molecule has 0 aliphatic carbocycles. The van der Waals surface area contributed by atoms with Crippen LogP contribution in [0, 0.1) is 0 Å². The monoisotopic (exact) mass is 273 g/mol. The number of nitrogen functional groups attached to an aromatic ring is 1. The third-order valence-electron chi connectivity index (χ3n) is 4.01. The number of nitrogens with two attached hydrogens (primary N) is 1. The standard InChI is InChI=1S/C16H23NOSi/c1-16(2,3)19(4,5)18-15-9-7-12-6-8-14(17)10-13(12)11-15/h6-11H,17H2,1-5H3. The topological polar surface area (TPSA) is 35.2 Å². The molecule has 3 heteroatoms. The summed E-state index contributed by atoms with van der Waals surface area (Å²) < 4.78 is 6.31. The van der Waals surface area contributed by atoms with E-state index in [-0.39, 0.29) is 5.04 Å². The van der Waals surface area contributed by atoms with Gasteiger partial charge in [-0.25, -0.2) is 0 Å². The van der Waals surface area contributed by atoms with Crippen molar-refractivity contribution in [1.29, 1.82) is 0 Å². The summed E-state index contributed by atoms with van der Waals surface area (Å²) >= 11 is 0. The molecule has 102 valence electrons. The molecule has 0 radical (unpaired) electrons. The number of hydrogen-bond acceptors (Lipinski definition) is 2. The lowest BCUT2D eigenvalue weighted by Crippen LogP contribution is -2.43. The number of hydrogen-bond donors (Lipinski definition) is 1. The van der Waals surface area contributed by atoms with Crippen LogP contribution >= 0.6 is 0 Å². The summed E-state index contributed by atoms with van der Waals surface area (Å²) in [5.74, 6) is 0.949. The highest BCUT2D eigenvalue weighted by atomic mass is 28.4. The number of anilines is 1. The average molecular weight is 273 g/mol. The van der Waals surface area contributed by atoms with Crippen LogP contribution in [0.2, 0.25) is 18.1 Å². The van der Waals surface area contributed by atoms with Crippen LogP contribution in [-0.4, -0.2) is 8.32 Å². The van der Waals surface area contributed by atoms with Gasteiger partial charge in [0.1, 0.15) is 5.75 Å². The first-order valence-electron chi connectivity index (χ1n) is 6.67. The highest BCUT2D eigenvalue weighted by Gasteiger charge is 2.38. The molecule has 0 amide bonds. The van der Waals surface area contributed by atoms with E-state index in [1.54, 1.807) is 0 Å². The van der Waals surface area contributed by atoms with E-state index in [0.29, 0.717) is 0 Å². The Hall–Kier alpha value is -1.48. The zero-order valence-corrected chi connectivity index (χ0v) is 13.4. The maximum Gasteiger partial charge on any atom is 0.250 e. The Kier molecular flexibility index (Phi) is 3.35. The lowest BCUT2D eigenvalue weighted by Gasteiger charge is -2.36. The first-order chi connectivity index (χ1) is 8.69. The molecule has 0 aromatic heterocycles. The fraction of sp³-hybridized carbons (Fsp3) is 0.375. The van der Waals surface area contributed by atoms with E-state index in [0.717, 1.165) is 16.8 Å². The maximum atomic E-state index is 6.31. The Balaban J connectivity index is 2.36. The van der Waals surface area contributed by atoms with E-state index in [1.165, 1.54) is 5.39 Å². The lowest BCUT2D eigenvalue weighted by molar-refractivity contribution is 0.493. The van der Waals surface area contributed by atoms with Gasteiger partial charge in [0.25, 0.3) is 0 Å². The van der Waals surface area contributed by atoms with Crippen molar-refractivity contribution in [3.63, 3.8) is 0 Å². The average Bonchev–Trinajstić information content (AvgIpc) is 2.26. The van der Waals surface area contributed by atoms with Crippen LogP contribution in [-0.2, 0) is 0 Å². The molecule has 0 bridgehead atoms. The van der Waals surface area contributed by atoms with Crippen molar-refractivity contribution in [2.24, 2.45) is 0 Å². The van der Waals surface area contributed by atoms with Crippen LogP contribution < -0.4 is 10.2 Å². The number of benzene rings is 2. The van der Waals surface area contributed by atoms with Gasteiger partial charge >= 0.3 is 0 Å². The smallest absolute Gasteiger partial charge is 0.250 e. The van der Waals surface area contributed by atoms with Gasteiger partial charge in [0, 0.05) is 5.69 Å². The molecule has 0 atom stereocenters. The summed E-state index contributed by atoms with van der Waals surface area (Å²) in [5.41, 5.74) is 6.63. The molecule has 19 heavy (non-hydrogen) atoms. The van der Waals surface area contributed by atoms with E-state index in [9.17, 15) is 0 Å². The van der Waals surface area contributed by atoms with E-state index in [2.05, 4.69) is 52.1 Å². The quantitative estimate of drug-likeness (QED) is 0.629. The molecule has 0 aliphatic heterocycles. The third-order valence-corrected chi connectivity index (χ3v) is 8.37. The van der Waals surface area contributed by atoms with Gasteiger partial charge in [-0.3, -0.25) is 0 Å². The van der Waals surface area contributed by atoms with Gasteiger partial charge in [-0.15, -0.1) is 0 Å². The minimum absolute atomic E-state index is 0.206. The highest BCUT2D eigenvalue weighted by Crippen LogP contribution is 2.37. The number of rotatable bonds is 2. The molecule has 2 rings (SSSR count). The van der Waals surface area contributed by atoms with Gasteiger partial charge in [-0.05, 0) is 53.2 Å². The van der Waals surface area contributed by atoms with Gasteiger partial charge in [0.05, 0.1) is 0 Å². The van der Waals surface area contributed by atoms with Gasteiger partial charge in [0.2, 0.25) is 8.32 Å². The first kappa shape index (κ1) is 13.9. The Bertz CT molecular complexity index is 599. The zero-order chi connectivity index (χ0) is 14.3. The second-order valence-corrected chi connectivity index (χ2v) is 11.4. The Morgan fingerprint density at radius 2 is 1.58 bits per heavy atom. The summed E-state index contributed by atoms with van der Waals surface area (Å²) in [6, 6.07) is 12.2. The van der Waals surface area contributed by atoms with Gasteiger partial charge < -0.3 is 10.2 Å². The van der Waals surface area contributed by atoms with E-state index < -0.39 is 8.32 Å². The summed E-state index contributed by atoms with van der Waals surface area (Å²) in [7, 11) is -1.78. The van der Waals surface area contributed by atoms with E-state index >= 15 is 0 Å². The molecular formula is C16H23NOSi. The molecule has 2 N–H and O–H groups in total. The highest BCUT2D eigenvalue weighted by molar-refractivity contribution is 6.74. The Morgan fingerprint density at radius 3 is 2.21 bits per heavy atom. The van der Waals surface area contributed by atoms with Crippen molar-refractivity contribution >= 4 is 24.8 Å². The van der Waals surface area contributed by atoms with Crippen molar-refractivity contribution in [1.82, 2.24) is 0 Å². The van der Waals surface area contributed by atoms with Crippen LogP contribution in [0.5, 0.6) is 5.75 Å². The first-order valence-corrected chi connectivity index (χ1v) is 9.58. The van der Waals surface area contributed by atoms with Crippen molar-refractivity contribution in [3.8, 4) is 5.75 Å². The molecule has 0 saturated heterocycles. The largest absolute Gasteiger partial charge is 0.543 e. The lowest BCUT2D eigenvalue weighted by atomic mass is 10.1. The van der Waals surface area contributed by atoms with Gasteiger partial charge in [-0.2, -0.15) is 0 Å². The van der Waals surface area contributed by atoms with Crippen LogP contribution in [0.4, 0.5) is 5.69 Å². The molecule has 0 saturated carbocycles. The Morgan fingerprint density at radius 1 is 0.947 bits per heavy atom. The second kappa shape index (κ2) is 4.56. The van der Waals surface area contributed by atoms with Gasteiger partial charge in [-0.1, -0.05) is 32.9 Å². The van der Waals surface area contributed by atoms with Crippen molar-refractivity contribution in [3.05, 3.63) is 36.4 Å². The molecule has 0 aliphatic rings. The molecule has 0 fully saturated rings. The van der Waals surface area contributed by atoms with Crippen molar-refractivity contribution in [2.75, 3.05) is 5.73 Å². The summed E-state index contributed by atoms with van der Waals surface area (Å²) in [4.78, 5) is 0. The molecule has 0 spiro atoms. The predicted molar refractivity (Wildman–Crippen MR) is 86.2 cm³/mol. The third kappa shape index (κ3) is 2.92. The fourth-order valence-electron chi connectivity index (χ4n) is 1.75. The van der Waals surface area contributed by atoms with Gasteiger partial charge in [0.15, 0.2) is 0 Å². The molecule has 0 heterocycles. The van der Waals surface area contributed by atoms with Crippen LogP contribution in [0.3, 0.4) is 0 Å². The van der Waals surface area contributed by atoms with Crippen LogP contribution in [0.1, 0.15) is 20.8 Å². The molecule has 0 unspecified atom stereocenters.